The average molecular weight is 431 g/mol. The highest BCUT2D eigenvalue weighted by Crippen LogP contribution is 2.29. The molecule has 3 aromatic carbocycles. The quantitative estimate of drug-likeness (QED) is 0.325. The number of para-hydroxylation sites is 3. The number of nitrogens with zero attached hydrogens (tertiary/aromatic N) is 4. The molecule has 0 saturated heterocycles. The van der Waals surface area contributed by atoms with Crippen molar-refractivity contribution in [3.8, 4) is 11.8 Å². The van der Waals surface area contributed by atoms with Crippen molar-refractivity contribution < 1.29 is 9.59 Å². The number of fused-ring (bicyclic) bond motifs is 3. The molecule has 1 N–H and O–H groups in total. The smallest absolute Gasteiger partial charge is 0.249 e. The molecule has 1 unspecified atom stereocenters. The summed E-state index contributed by atoms with van der Waals surface area (Å²) < 4.78 is 1.66. The van der Waals surface area contributed by atoms with Crippen LogP contribution in [0.5, 0.6) is 0 Å². The van der Waals surface area contributed by atoms with E-state index < -0.39 is 17.6 Å². The predicted octanol–water partition coefficient (Wildman–Crippen LogP) is 4.53. The minimum Gasteiger partial charge on any atom is -0.325 e. The molecule has 158 valence electrons. The van der Waals surface area contributed by atoms with Crippen molar-refractivity contribution in [2.75, 3.05) is 5.32 Å². The molecule has 7 heteroatoms. The standard InChI is InChI=1S/C26H17N5O2/c27-15-20(26(33)29-17-9-3-1-4-10-17)25(32)23-21-16-28-22-14-8-7-13-19(22)24(21)31(30-23)18-11-5-2-6-12-18/h1-14,16,20H,(H,29,33). The van der Waals surface area contributed by atoms with E-state index >= 15 is 0 Å². The number of rotatable bonds is 5. The van der Waals surface area contributed by atoms with Crippen molar-refractivity contribution in [3.05, 3.63) is 96.8 Å². The zero-order valence-electron chi connectivity index (χ0n) is 17.3. The number of benzene rings is 3. The zero-order chi connectivity index (χ0) is 22.8. The van der Waals surface area contributed by atoms with Gasteiger partial charge < -0.3 is 5.32 Å². The third-order valence-electron chi connectivity index (χ3n) is 5.34. The van der Waals surface area contributed by atoms with Gasteiger partial charge in [0.05, 0.1) is 28.2 Å². The molecule has 33 heavy (non-hydrogen) atoms. The summed E-state index contributed by atoms with van der Waals surface area (Å²) in [5.74, 6) is -2.94. The van der Waals surface area contributed by atoms with Crippen LogP contribution >= 0.6 is 0 Å². The molecule has 1 atom stereocenters. The molecule has 1 amide bonds. The first kappa shape index (κ1) is 20.1. The predicted molar refractivity (Wildman–Crippen MR) is 125 cm³/mol. The summed E-state index contributed by atoms with van der Waals surface area (Å²) in [7, 11) is 0. The molecule has 5 rings (SSSR count). The topological polar surface area (TPSA) is 101 Å². The van der Waals surface area contributed by atoms with Crippen LogP contribution in [0, 0.1) is 17.2 Å². The van der Waals surface area contributed by atoms with E-state index in [1.807, 2.05) is 66.7 Å². The van der Waals surface area contributed by atoms with E-state index in [1.165, 1.54) is 0 Å². The van der Waals surface area contributed by atoms with E-state index in [9.17, 15) is 14.9 Å². The lowest BCUT2D eigenvalue weighted by molar-refractivity contribution is -0.117. The second-order valence-electron chi connectivity index (χ2n) is 7.42. The molecule has 0 radical (unpaired) electrons. The Balaban J connectivity index is 1.65. The van der Waals surface area contributed by atoms with Crippen LogP contribution < -0.4 is 5.32 Å². The molecule has 5 aromatic rings. The highest BCUT2D eigenvalue weighted by molar-refractivity contribution is 6.20. The Kier molecular flexibility index (Phi) is 5.09. The van der Waals surface area contributed by atoms with Crippen molar-refractivity contribution in [2.45, 2.75) is 0 Å². The van der Waals surface area contributed by atoms with E-state index in [2.05, 4.69) is 15.4 Å². The number of nitrogens with one attached hydrogen (secondary N) is 1. The number of anilines is 1. The highest BCUT2D eigenvalue weighted by Gasteiger charge is 2.32. The van der Waals surface area contributed by atoms with Crippen LogP contribution in [0.25, 0.3) is 27.5 Å². The molecular formula is C26H17N5O2. The highest BCUT2D eigenvalue weighted by atomic mass is 16.2. The summed E-state index contributed by atoms with van der Waals surface area (Å²) in [6.45, 7) is 0. The van der Waals surface area contributed by atoms with Gasteiger partial charge in [0, 0.05) is 17.3 Å². The van der Waals surface area contributed by atoms with Crippen LogP contribution in [0.3, 0.4) is 0 Å². The molecule has 2 aromatic heterocycles. The Hall–Kier alpha value is -4.83. The lowest BCUT2D eigenvalue weighted by Crippen LogP contribution is -2.29. The molecule has 7 nitrogen and oxygen atoms in total. The molecule has 0 aliphatic carbocycles. The van der Waals surface area contributed by atoms with E-state index in [0.29, 0.717) is 16.6 Å². The van der Waals surface area contributed by atoms with Gasteiger partial charge in [-0.05, 0) is 30.3 Å². The van der Waals surface area contributed by atoms with Gasteiger partial charge in [0.2, 0.25) is 11.7 Å². The van der Waals surface area contributed by atoms with Crippen LogP contribution in [0.15, 0.2) is 91.1 Å². The maximum atomic E-state index is 13.4. The molecule has 0 fully saturated rings. The van der Waals surface area contributed by atoms with Gasteiger partial charge in [-0.15, -0.1) is 0 Å². The second-order valence-corrected chi connectivity index (χ2v) is 7.42. The lowest BCUT2D eigenvalue weighted by Gasteiger charge is -2.08. The van der Waals surface area contributed by atoms with Crippen molar-refractivity contribution in [2.24, 2.45) is 5.92 Å². The molecular weight excluding hydrogens is 414 g/mol. The second kappa shape index (κ2) is 8.36. The Morgan fingerprint density at radius 2 is 1.55 bits per heavy atom. The number of aromatic nitrogens is 3. The average Bonchev–Trinajstić information content (AvgIpc) is 3.26. The van der Waals surface area contributed by atoms with E-state index in [0.717, 1.165) is 16.6 Å². The monoisotopic (exact) mass is 431 g/mol. The van der Waals surface area contributed by atoms with E-state index in [4.69, 9.17) is 0 Å². The normalized spacial score (nSPS) is 11.7. The summed E-state index contributed by atoms with van der Waals surface area (Å²) in [5.41, 5.74) is 2.72. The lowest BCUT2D eigenvalue weighted by atomic mass is 9.99. The van der Waals surface area contributed by atoms with Gasteiger partial charge >= 0.3 is 0 Å². The van der Waals surface area contributed by atoms with Crippen molar-refractivity contribution in [3.63, 3.8) is 0 Å². The van der Waals surface area contributed by atoms with Crippen molar-refractivity contribution in [1.82, 2.24) is 14.8 Å². The van der Waals surface area contributed by atoms with E-state index in [1.54, 1.807) is 35.1 Å². The molecule has 0 aliphatic heterocycles. The van der Waals surface area contributed by atoms with Gasteiger partial charge in [-0.3, -0.25) is 14.6 Å². The molecule has 0 spiro atoms. The van der Waals surface area contributed by atoms with Gasteiger partial charge in [0.25, 0.3) is 0 Å². The maximum Gasteiger partial charge on any atom is 0.249 e. The number of amides is 1. The van der Waals surface area contributed by atoms with Crippen LogP contribution in [0.4, 0.5) is 5.69 Å². The van der Waals surface area contributed by atoms with Crippen molar-refractivity contribution >= 4 is 39.2 Å². The number of nitriles is 1. The SMILES string of the molecule is N#CC(C(=O)Nc1ccccc1)C(=O)c1nn(-c2ccccc2)c2c1cnc1ccccc12. The number of Topliss-reactive ketones (excluding diaryl/α,β-unsaturated/α-hetero) is 1. The summed E-state index contributed by atoms with van der Waals surface area (Å²) >= 11 is 0. The number of carbonyl (C=O) groups excluding carboxylic acids is 2. The Morgan fingerprint density at radius 1 is 0.879 bits per heavy atom. The fourth-order valence-corrected chi connectivity index (χ4v) is 3.78. The number of ketones is 1. The minimum absolute atomic E-state index is 0.0295. The number of hydrogen-bond donors (Lipinski definition) is 1. The van der Waals surface area contributed by atoms with Gasteiger partial charge in [-0.2, -0.15) is 10.4 Å². The number of hydrogen-bond acceptors (Lipinski definition) is 5. The maximum absolute atomic E-state index is 13.4. The number of carbonyl (C=O) groups is 2. The Morgan fingerprint density at radius 3 is 2.27 bits per heavy atom. The van der Waals surface area contributed by atoms with Crippen molar-refractivity contribution in [1.29, 1.82) is 5.26 Å². The molecule has 0 saturated carbocycles. The Labute approximate surface area is 188 Å². The van der Waals surface area contributed by atoms with E-state index in [-0.39, 0.29) is 5.69 Å². The molecule has 0 bridgehead atoms. The summed E-state index contributed by atoms with van der Waals surface area (Å²) in [5, 5.41) is 18.2. The molecule has 2 heterocycles. The van der Waals surface area contributed by atoms with Crippen LogP contribution in [0.2, 0.25) is 0 Å². The fraction of sp³-hybridized carbons (Fsp3) is 0.0385. The third-order valence-corrected chi connectivity index (χ3v) is 5.34. The first-order chi connectivity index (χ1) is 16.2. The van der Waals surface area contributed by atoms with Gasteiger partial charge in [-0.1, -0.05) is 54.6 Å². The molecule has 0 aliphatic rings. The van der Waals surface area contributed by atoms with Crippen LogP contribution in [-0.2, 0) is 4.79 Å². The van der Waals surface area contributed by atoms with Crippen LogP contribution in [0.1, 0.15) is 10.5 Å². The summed E-state index contributed by atoms with van der Waals surface area (Å²) in [6.07, 6.45) is 1.57. The van der Waals surface area contributed by atoms with Gasteiger partial charge in [0.15, 0.2) is 5.92 Å². The van der Waals surface area contributed by atoms with Gasteiger partial charge in [0.1, 0.15) is 5.69 Å². The minimum atomic E-state index is -1.56. The summed E-state index contributed by atoms with van der Waals surface area (Å²) in [6, 6.07) is 27.5. The zero-order valence-corrected chi connectivity index (χ0v) is 17.3. The Bertz CT molecular complexity index is 1540. The fourth-order valence-electron chi connectivity index (χ4n) is 3.78. The summed E-state index contributed by atoms with van der Waals surface area (Å²) in [4.78, 5) is 30.7. The number of pyridine rings is 1. The first-order valence-electron chi connectivity index (χ1n) is 10.3. The third kappa shape index (κ3) is 3.60. The largest absolute Gasteiger partial charge is 0.325 e. The van der Waals surface area contributed by atoms with Gasteiger partial charge in [-0.25, -0.2) is 4.68 Å². The first-order valence-corrected chi connectivity index (χ1v) is 10.3. The van der Waals surface area contributed by atoms with Crippen LogP contribution in [-0.4, -0.2) is 26.5 Å².